The Bertz CT molecular complexity index is 1450. The van der Waals surface area contributed by atoms with Crippen LogP contribution in [0.2, 0.25) is 0 Å². The van der Waals surface area contributed by atoms with Crippen LogP contribution in [0.1, 0.15) is 17.4 Å². The van der Waals surface area contributed by atoms with Crippen LogP contribution in [0.5, 0.6) is 11.5 Å². The first kappa shape index (κ1) is 26.2. The van der Waals surface area contributed by atoms with Crippen molar-refractivity contribution in [3.63, 3.8) is 0 Å². The second-order valence-electron chi connectivity index (χ2n) is 8.10. The molecule has 0 aliphatic rings. The molecule has 0 radical (unpaired) electrons. The molecular weight excluding hydrogens is 505 g/mol. The maximum atomic E-state index is 13.6. The third-order valence-corrected chi connectivity index (χ3v) is 7.57. The molecule has 13 heteroatoms. The van der Waals surface area contributed by atoms with Gasteiger partial charge in [-0.25, -0.2) is 22.8 Å². The minimum atomic E-state index is -3.91. The van der Waals surface area contributed by atoms with E-state index in [1.807, 2.05) is 0 Å². The molecule has 3 aromatic heterocycles. The largest absolute Gasteiger partial charge is 0.494 e. The molecule has 0 N–H and O–H groups in total. The minimum Gasteiger partial charge on any atom is -0.494 e. The highest BCUT2D eigenvalue weighted by atomic mass is 32.2. The van der Waals surface area contributed by atoms with Crippen molar-refractivity contribution in [1.82, 2.24) is 24.7 Å². The maximum absolute atomic E-state index is 13.6. The van der Waals surface area contributed by atoms with Gasteiger partial charge >= 0.3 is 0 Å². The topological polar surface area (TPSA) is 131 Å². The lowest BCUT2D eigenvalue weighted by molar-refractivity contribution is 0.196. The maximum Gasteiger partial charge on any atom is 0.204 e. The van der Waals surface area contributed by atoms with Crippen molar-refractivity contribution in [2.75, 3.05) is 27.9 Å². The Kier molecular flexibility index (Phi) is 7.83. The molecule has 0 amide bonds. The Hall–Kier alpha value is -3.84. The van der Waals surface area contributed by atoms with E-state index in [1.165, 1.54) is 21.3 Å². The number of para-hydroxylation sites is 1. The number of ether oxygens (including phenoxy) is 3. The molecule has 3 heterocycles. The molecule has 0 aliphatic carbocycles. The number of sulfone groups is 1. The molecule has 4 aromatic rings. The molecule has 11 nitrogen and oxygen atoms in total. The van der Waals surface area contributed by atoms with Crippen LogP contribution in [0, 0.1) is 12.7 Å². The molecule has 0 saturated heterocycles. The molecule has 1 aromatic carbocycles. The van der Waals surface area contributed by atoms with E-state index in [2.05, 4.69) is 20.2 Å². The first-order valence-electron chi connectivity index (χ1n) is 11.2. The lowest BCUT2D eigenvalue weighted by Crippen LogP contribution is -2.31. The Morgan fingerprint density at radius 1 is 1.03 bits per heavy atom. The van der Waals surface area contributed by atoms with Gasteiger partial charge in [0.1, 0.15) is 34.5 Å². The summed E-state index contributed by atoms with van der Waals surface area (Å²) in [5.41, 5.74) is 0.414. The van der Waals surface area contributed by atoms with Crippen LogP contribution in [0.4, 0.5) is 4.39 Å². The van der Waals surface area contributed by atoms with Crippen molar-refractivity contribution in [2.45, 2.75) is 24.3 Å². The number of nitrogens with zero attached hydrogens (tertiary/aromatic N) is 5. The van der Waals surface area contributed by atoms with Gasteiger partial charge in [-0.2, -0.15) is 0 Å². The van der Waals surface area contributed by atoms with Gasteiger partial charge in [0.2, 0.25) is 5.82 Å². The zero-order valence-corrected chi connectivity index (χ0v) is 21.5. The fourth-order valence-corrected chi connectivity index (χ4v) is 5.36. The molecule has 0 fully saturated rings. The molecule has 37 heavy (non-hydrogen) atoms. The van der Waals surface area contributed by atoms with Crippen molar-refractivity contribution in [3.05, 3.63) is 66.0 Å². The summed E-state index contributed by atoms with van der Waals surface area (Å²) in [4.78, 5) is 7.79. The van der Waals surface area contributed by atoms with E-state index in [9.17, 15) is 12.8 Å². The van der Waals surface area contributed by atoms with E-state index < -0.39 is 26.7 Å². The fourth-order valence-electron chi connectivity index (χ4n) is 3.83. The van der Waals surface area contributed by atoms with Crippen molar-refractivity contribution >= 4 is 9.84 Å². The SMILES string of the molecule is COC[C@@H](Cc1ncc(F)cn1)S(=O)(=O)Cc1nnc(-c2ccc(C)o2)n1-c1c(OC)cccc1OC. The van der Waals surface area contributed by atoms with Crippen LogP contribution in [-0.4, -0.2) is 66.3 Å². The average molecular weight is 532 g/mol. The van der Waals surface area contributed by atoms with E-state index >= 15 is 0 Å². The van der Waals surface area contributed by atoms with Crippen LogP contribution < -0.4 is 9.47 Å². The quantitative estimate of drug-likeness (QED) is 0.285. The van der Waals surface area contributed by atoms with E-state index in [0.29, 0.717) is 28.7 Å². The number of rotatable bonds is 11. The normalized spacial score (nSPS) is 12.5. The average Bonchev–Trinajstić information content (AvgIpc) is 3.49. The Morgan fingerprint density at radius 3 is 2.27 bits per heavy atom. The van der Waals surface area contributed by atoms with Crippen LogP contribution in [-0.2, 0) is 26.7 Å². The van der Waals surface area contributed by atoms with Crippen molar-refractivity contribution in [1.29, 1.82) is 0 Å². The number of hydrogen-bond donors (Lipinski definition) is 0. The molecule has 0 aliphatic heterocycles. The number of aromatic nitrogens is 5. The molecule has 4 rings (SSSR count). The summed E-state index contributed by atoms with van der Waals surface area (Å²) in [6.45, 7) is 1.66. The number of halogens is 1. The van der Waals surface area contributed by atoms with Gasteiger partial charge in [0.25, 0.3) is 0 Å². The highest BCUT2D eigenvalue weighted by Gasteiger charge is 2.32. The van der Waals surface area contributed by atoms with E-state index in [-0.39, 0.29) is 30.5 Å². The van der Waals surface area contributed by atoms with Gasteiger partial charge in [0, 0.05) is 13.5 Å². The summed E-state index contributed by atoms with van der Waals surface area (Å²) < 4.78 is 64.1. The Balaban J connectivity index is 1.81. The summed E-state index contributed by atoms with van der Waals surface area (Å²) in [6, 6.07) is 8.66. The molecule has 0 unspecified atom stereocenters. The standard InChI is InChI=1S/C24H26FN5O6S/c1-15-8-9-20(36-15)24-29-28-22(30(24)23-18(34-3)6-5-7-19(23)35-4)14-37(31,32)17(13-33-2)10-21-26-11-16(25)12-27-21/h5-9,11-12,17H,10,13-14H2,1-4H3/t17-/m1/s1. The number of aryl methyl sites for hydroxylation is 1. The van der Waals surface area contributed by atoms with Gasteiger partial charge in [0.05, 0.1) is 38.5 Å². The molecule has 0 saturated carbocycles. The molecule has 0 bridgehead atoms. The third kappa shape index (κ3) is 5.62. The predicted octanol–water partition coefficient (Wildman–Crippen LogP) is 2.95. The third-order valence-electron chi connectivity index (χ3n) is 5.59. The van der Waals surface area contributed by atoms with Crippen LogP contribution in [0.3, 0.4) is 0 Å². The van der Waals surface area contributed by atoms with E-state index in [1.54, 1.807) is 41.8 Å². The molecule has 0 spiro atoms. The second kappa shape index (κ2) is 11.0. The van der Waals surface area contributed by atoms with Crippen LogP contribution >= 0.6 is 0 Å². The van der Waals surface area contributed by atoms with Gasteiger partial charge < -0.3 is 18.6 Å². The van der Waals surface area contributed by atoms with Crippen molar-refractivity contribution in [3.8, 4) is 28.8 Å². The van der Waals surface area contributed by atoms with E-state index in [4.69, 9.17) is 18.6 Å². The predicted molar refractivity (Wildman–Crippen MR) is 131 cm³/mol. The first-order chi connectivity index (χ1) is 17.8. The van der Waals surface area contributed by atoms with Gasteiger partial charge in [-0.3, -0.25) is 4.57 Å². The van der Waals surface area contributed by atoms with Crippen LogP contribution in [0.25, 0.3) is 17.3 Å². The van der Waals surface area contributed by atoms with Gasteiger partial charge in [0.15, 0.2) is 27.2 Å². The second-order valence-corrected chi connectivity index (χ2v) is 10.4. The molecular formula is C24H26FN5O6S. The van der Waals surface area contributed by atoms with Gasteiger partial charge in [-0.05, 0) is 31.2 Å². The number of methoxy groups -OCH3 is 3. The Labute approximate surface area is 213 Å². The van der Waals surface area contributed by atoms with Gasteiger partial charge in [-0.15, -0.1) is 10.2 Å². The summed E-state index contributed by atoms with van der Waals surface area (Å²) in [5.74, 6) is 1.28. The zero-order valence-electron chi connectivity index (χ0n) is 20.7. The monoisotopic (exact) mass is 531 g/mol. The Morgan fingerprint density at radius 2 is 1.70 bits per heavy atom. The summed E-state index contributed by atoms with van der Waals surface area (Å²) in [7, 11) is 0.469. The number of hydrogen-bond acceptors (Lipinski definition) is 10. The van der Waals surface area contributed by atoms with Crippen LogP contribution in [0.15, 0.2) is 47.1 Å². The zero-order chi connectivity index (χ0) is 26.6. The lowest BCUT2D eigenvalue weighted by atomic mass is 10.2. The molecule has 1 atom stereocenters. The number of benzene rings is 1. The van der Waals surface area contributed by atoms with Gasteiger partial charge in [-0.1, -0.05) is 6.07 Å². The van der Waals surface area contributed by atoms with Crippen molar-refractivity contribution in [2.24, 2.45) is 0 Å². The highest BCUT2D eigenvalue weighted by molar-refractivity contribution is 7.91. The molecule has 196 valence electrons. The smallest absolute Gasteiger partial charge is 0.204 e. The summed E-state index contributed by atoms with van der Waals surface area (Å²) in [5, 5.41) is 7.45. The van der Waals surface area contributed by atoms with Crippen molar-refractivity contribution < 1.29 is 31.4 Å². The summed E-state index contributed by atoms with van der Waals surface area (Å²) >= 11 is 0. The first-order valence-corrected chi connectivity index (χ1v) is 12.9. The highest BCUT2D eigenvalue weighted by Crippen LogP contribution is 2.37. The minimum absolute atomic E-state index is 0.0766. The fraction of sp³-hybridized carbons (Fsp3) is 0.333. The van der Waals surface area contributed by atoms with E-state index in [0.717, 1.165) is 12.4 Å². The number of furan rings is 1. The lowest BCUT2D eigenvalue weighted by Gasteiger charge is -2.19. The summed E-state index contributed by atoms with van der Waals surface area (Å²) in [6.07, 6.45) is 1.90.